The zero-order valence-corrected chi connectivity index (χ0v) is 33.8. The van der Waals surface area contributed by atoms with E-state index in [-0.39, 0.29) is 70.7 Å². The van der Waals surface area contributed by atoms with Gasteiger partial charge in [0.05, 0.1) is 36.2 Å². The molecule has 0 aliphatic rings. The highest BCUT2D eigenvalue weighted by Crippen LogP contribution is 2.33. The van der Waals surface area contributed by atoms with Crippen molar-refractivity contribution in [2.45, 2.75) is 47.3 Å². The SMILES string of the molecule is CNC(=O)Cn1cc2ncc(F)c(Nc3cc(-c4nc(C)c(CNC(=O)Cn5ncc6ncc(F)c(Nc7cc(-c8nc(C)ccc8F)ncc7C)c65)cc4F)ncc3C)c2n1. The highest BCUT2D eigenvalue weighted by atomic mass is 19.1. The minimum Gasteiger partial charge on any atom is -0.358 e. The minimum absolute atomic E-state index is 0.00510. The van der Waals surface area contributed by atoms with Gasteiger partial charge >= 0.3 is 0 Å². The Bertz CT molecular complexity index is 3080. The van der Waals surface area contributed by atoms with Crippen molar-refractivity contribution < 1.29 is 27.2 Å². The molecule has 8 aromatic rings. The first kappa shape index (κ1) is 40.9. The van der Waals surface area contributed by atoms with Gasteiger partial charge in [0, 0.05) is 48.7 Å². The largest absolute Gasteiger partial charge is 0.358 e. The lowest BCUT2D eigenvalue weighted by Gasteiger charge is -2.15. The number of aryl methyl sites for hydroxylation is 4. The second-order valence-electron chi connectivity index (χ2n) is 14.4. The van der Waals surface area contributed by atoms with Crippen molar-refractivity contribution in [3.63, 3.8) is 0 Å². The Labute approximate surface area is 349 Å². The molecule has 8 rings (SSSR count). The molecule has 16 nitrogen and oxygen atoms in total. The number of carbonyl (C=O) groups is 2. The average molecular weight is 845 g/mol. The Hall–Kier alpha value is -7.90. The molecule has 62 heavy (non-hydrogen) atoms. The van der Waals surface area contributed by atoms with Crippen molar-refractivity contribution in [3.05, 3.63) is 119 Å². The Balaban J connectivity index is 0.989. The molecule has 8 aromatic heterocycles. The van der Waals surface area contributed by atoms with Crippen LogP contribution in [-0.2, 0) is 29.2 Å². The number of hydrogen-bond acceptors (Lipinski definition) is 12. The number of hydrogen-bond donors (Lipinski definition) is 4. The van der Waals surface area contributed by atoms with Gasteiger partial charge in [0.15, 0.2) is 23.3 Å². The number of nitrogens with zero attached hydrogens (tertiary/aromatic N) is 10. The third-order valence-corrected chi connectivity index (χ3v) is 9.97. The molecule has 314 valence electrons. The van der Waals surface area contributed by atoms with Gasteiger partial charge in [-0.25, -0.2) is 37.5 Å². The fourth-order valence-electron chi connectivity index (χ4n) is 6.61. The second kappa shape index (κ2) is 16.6. The third-order valence-electron chi connectivity index (χ3n) is 9.97. The van der Waals surface area contributed by atoms with E-state index in [4.69, 9.17) is 0 Å². The summed E-state index contributed by atoms with van der Waals surface area (Å²) in [6.07, 6.45) is 7.98. The number of fused-ring (bicyclic) bond motifs is 2. The fraction of sp³-hybridized carbons (Fsp3) is 0.190. The maximum atomic E-state index is 15.8. The van der Waals surface area contributed by atoms with Gasteiger partial charge in [-0.3, -0.25) is 28.9 Å². The van der Waals surface area contributed by atoms with E-state index in [9.17, 15) is 14.0 Å². The van der Waals surface area contributed by atoms with Gasteiger partial charge in [0.1, 0.15) is 57.9 Å². The van der Waals surface area contributed by atoms with Crippen LogP contribution in [0.2, 0.25) is 0 Å². The normalized spacial score (nSPS) is 11.3. The summed E-state index contributed by atoms with van der Waals surface area (Å²) in [6.45, 7) is 6.32. The molecule has 0 aliphatic heterocycles. The quantitative estimate of drug-likeness (QED) is 0.0987. The van der Waals surface area contributed by atoms with Crippen molar-refractivity contribution in [3.8, 4) is 22.8 Å². The predicted molar refractivity (Wildman–Crippen MR) is 221 cm³/mol. The van der Waals surface area contributed by atoms with Crippen LogP contribution < -0.4 is 21.3 Å². The van der Waals surface area contributed by atoms with Gasteiger partial charge < -0.3 is 21.3 Å². The highest BCUT2D eigenvalue weighted by Gasteiger charge is 2.21. The standard InChI is InChI=1S/C42H36F4N14O2/c1-20-11-49-32(9-29(20)56-39-27(45)14-51-34-17-59(58-41(34)39)18-35(61)47-5)38-26(44)8-24(23(4)55-38)13-52-36(62)19-60-42-33(16-53-60)50-15-28(46)40(42)57-30-10-31(48-12-21(30)2)37-25(43)7-6-22(3)54-37/h6-12,14-17H,13,18-19H2,1-5H3,(H,47,61)(H,49,56)(H,52,62)(H,48,50,57). The van der Waals surface area contributed by atoms with E-state index in [1.807, 2.05) is 0 Å². The van der Waals surface area contributed by atoms with Crippen molar-refractivity contribution >= 4 is 56.6 Å². The molecule has 0 spiro atoms. The number of carbonyl (C=O) groups excluding carboxylic acids is 2. The van der Waals surface area contributed by atoms with Crippen LogP contribution in [0.1, 0.15) is 28.1 Å². The molecule has 0 bridgehead atoms. The third kappa shape index (κ3) is 8.16. The van der Waals surface area contributed by atoms with Crippen molar-refractivity contribution in [2.24, 2.45) is 0 Å². The summed E-state index contributed by atoms with van der Waals surface area (Å²) in [5.41, 5.74) is 4.76. The maximum absolute atomic E-state index is 15.8. The molecule has 4 N–H and O–H groups in total. The molecule has 0 saturated carbocycles. The molecule has 0 aromatic carbocycles. The number of rotatable bonds is 12. The van der Waals surface area contributed by atoms with Crippen LogP contribution in [0.3, 0.4) is 0 Å². The summed E-state index contributed by atoms with van der Waals surface area (Å²) in [4.78, 5) is 50.9. The van der Waals surface area contributed by atoms with Gasteiger partial charge in [0.2, 0.25) is 11.8 Å². The van der Waals surface area contributed by atoms with E-state index in [0.29, 0.717) is 50.5 Å². The number of amides is 2. The van der Waals surface area contributed by atoms with Gasteiger partial charge in [-0.05, 0) is 74.7 Å². The van der Waals surface area contributed by atoms with Crippen LogP contribution in [0.15, 0.2) is 67.5 Å². The minimum atomic E-state index is -0.728. The average Bonchev–Trinajstić information content (AvgIpc) is 3.86. The number of aromatic nitrogens is 10. The first-order chi connectivity index (χ1) is 29.8. The molecule has 0 radical (unpaired) electrons. The summed E-state index contributed by atoms with van der Waals surface area (Å²) >= 11 is 0. The molecule has 0 aliphatic carbocycles. The summed E-state index contributed by atoms with van der Waals surface area (Å²) in [6, 6.07) is 7.17. The Morgan fingerprint density at radius 1 is 0.677 bits per heavy atom. The lowest BCUT2D eigenvalue weighted by molar-refractivity contribution is -0.122. The zero-order chi connectivity index (χ0) is 43.8. The van der Waals surface area contributed by atoms with Crippen LogP contribution in [-0.4, -0.2) is 68.3 Å². The van der Waals surface area contributed by atoms with E-state index >= 15 is 13.2 Å². The molecule has 0 fully saturated rings. The van der Waals surface area contributed by atoms with E-state index in [1.165, 1.54) is 59.4 Å². The van der Waals surface area contributed by atoms with Gasteiger partial charge in [-0.15, -0.1) is 0 Å². The van der Waals surface area contributed by atoms with Crippen molar-refractivity contribution in [1.29, 1.82) is 0 Å². The summed E-state index contributed by atoms with van der Waals surface area (Å²) in [5, 5.41) is 20.0. The maximum Gasteiger partial charge on any atom is 0.242 e. The van der Waals surface area contributed by atoms with Crippen molar-refractivity contribution in [2.75, 3.05) is 17.7 Å². The number of pyridine rings is 6. The number of anilines is 4. The molecule has 2 amide bonds. The number of likely N-dealkylation sites (N-methyl/N-ethyl adjacent to an activating group) is 1. The lowest BCUT2D eigenvalue weighted by Crippen LogP contribution is -2.28. The summed E-state index contributed by atoms with van der Waals surface area (Å²) in [7, 11) is 1.49. The molecule has 20 heteroatoms. The Kier molecular flexibility index (Phi) is 11.0. The lowest BCUT2D eigenvalue weighted by atomic mass is 10.1. The fourth-order valence-corrected chi connectivity index (χ4v) is 6.61. The zero-order valence-electron chi connectivity index (χ0n) is 33.8. The molecular formula is C42H36F4N14O2. The second-order valence-corrected chi connectivity index (χ2v) is 14.4. The van der Waals surface area contributed by atoms with E-state index in [2.05, 4.69) is 61.4 Å². The smallest absolute Gasteiger partial charge is 0.242 e. The summed E-state index contributed by atoms with van der Waals surface area (Å²) < 4.78 is 63.8. The van der Waals surface area contributed by atoms with Crippen LogP contribution in [0, 0.1) is 51.0 Å². The number of halogens is 4. The van der Waals surface area contributed by atoms with Gasteiger partial charge in [0.25, 0.3) is 0 Å². The number of nitrogens with one attached hydrogen (secondary N) is 4. The highest BCUT2D eigenvalue weighted by molar-refractivity contribution is 5.92. The van der Waals surface area contributed by atoms with Gasteiger partial charge in [-0.1, -0.05) is 0 Å². The monoisotopic (exact) mass is 844 g/mol. The van der Waals surface area contributed by atoms with Gasteiger partial charge in [-0.2, -0.15) is 10.2 Å². The van der Waals surface area contributed by atoms with Crippen molar-refractivity contribution in [1.82, 2.24) is 60.1 Å². The Morgan fingerprint density at radius 3 is 2.02 bits per heavy atom. The van der Waals surface area contributed by atoms with Crippen LogP contribution >= 0.6 is 0 Å². The Morgan fingerprint density at radius 2 is 1.32 bits per heavy atom. The molecule has 0 unspecified atom stereocenters. The van der Waals surface area contributed by atoms with Crippen LogP contribution in [0.4, 0.5) is 40.3 Å². The predicted octanol–water partition coefficient (Wildman–Crippen LogP) is 6.43. The van der Waals surface area contributed by atoms with E-state index < -0.39 is 29.2 Å². The van der Waals surface area contributed by atoms with E-state index in [0.717, 1.165) is 12.4 Å². The van der Waals surface area contributed by atoms with Crippen LogP contribution in [0.25, 0.3) is 44.8 Å². The molecule has 0 saturated heterocycles. The first-order valence-corrected chi connectivity index (χ1v) is 19.0. The molecule has 8 heterocycles. The first-order valence-electron chi connectivity index (χ1n) is 19.0. The topological polar surface area (TPSA) is 195 Å². The molecular weight excluding hydrogens is 809 g/mol. The van der Waals surface area contributed by atoms with E-state index in [1.54, 1.807) is 39.8 Å². The summed E-state index contributed by atoms with van der Waals surface area (Å²) in [5.74, 6) is -3.54. The molecule has 0 atom stereocenters. The van der Waals surface area contributed by atoms with Crippen LogP contribution in [0.5, 0.6) is 0 Å².